The van der Waals surface area contributed by atoms with Gasteiger partial charge in [0.2, 0.25) is 5.95 Å². The summed E-state index contributed by atoms with van der Waals surface area (Å²) in [5.74, 6) is -1.20. The third-order valence-electron chi connectivity index (χ3n) is 2.01. The highest BCUT2D eigenvalue weighted by Crippen LogP contribution is 2.10. The molecule has 0 saturated heterocycles. The van der Waals surface area contributed by atoms with Gasteiger partial charge < -0.3 is 10.4 Å². The van der Waals surface area contributed by atoms with Crippen molar-refractivity contribution in [1.82, 2.24) is 15.0 Å². The number of carboxylic acids is 1. The summed E-state index contributed by atoms with van der Waals surface area (Å²) in [5.41, 5.74) is 0.0491. The van der Waals surface area contributed by atoms with E-state index in [0.717, 1.165) is 12.4 Å². The zero-order valence-corrected chi connectivity index (χ0v) is 9.95. The Morgan fingerprint density at radius 2 is 2.17 bits per heavy atom. The summed E-state index contributed by atoms with van der Waals surface area (Å²) in [5, 5.41) is 13.8. The maximum Gasteiger partial charge on any atom is 0.355 e. The van der Waals surface area contributed by atoms with Gasteiger partial charge in [0.05, 0.1) is 17.4 Å². The lowest BCUT2D eigenvalue weighted by molar-refractivity contribution is 0.0691. The van der Waals surface area contributed by atoms with Crippen LogP contribution in [0, 0.1) is 5.82 Å². The number of anilines is 1. The van der Waals surface area contributed by atoms with Gasteiger partial charge in [-0.25, -0.2) is 24.1 Å². The molecule has 6 nitrogen and oxygen atoms in total. The van der Waals surface area contributed by atoms with Crippen molar-refractivity contribution in [3.8, 4) is 0 Å². The molecule has 2 aromatic rings. The molecule has 0 aliphatic heterocycles. The van der Waals surface area contributed by atoms with Gasteiger partial charge >= 0.3 is 5.97 Å². The molecular weight excluding hydrogens is 259 g/mol. The lowest BCUT2D eigenvalue weighted by Gasteiger charge is -2.01. The van der Waals surface area contributed by atoms with Gasteiger partial charge in [0, 0.05) is 18.3 Å². The van der Waals surface area contributed by atoms with Crippen LogP contribution >= 0.6 is 11.3 Å². The summed E-state index contributed by atoms with van der Waals surface area (Å²) in [6, 6.07) is 0. The average Bonchev–Trinajstić information content (AvgIpc) is 2.81. The molecule has 0 radical (unpaired) electrons. The van der Waals surface area contributed by atoms with E-state index in [0.29, 0.717) is 23.9 Å². The summed E-state index contributed by atoms with van der Waals surface area (Å²) in [6.45, 7) is 0.498. The first-order valence-corrected chi connectivity index (χ1v) is 5.92. The maximum absolute atomic E-state index is 12.5. The SMILES string of the molecule is O=C(O)c1csc(CCNc2ncc(F)cn2)n1. The van der Waals surface area contributed by atoms with E-state index in [4.69, 9.17) is 5.11 Å². The molecule has 2 aromatic heterocycles. The summed E-state index contributed by atoms with van der Waals surface area (Å²) in [6.07, 6.45) is 2.70. The Morgan fingerprint density at radius 1 is 1.44 bits per heavy atom. The normalized spacial score (nSPS) is 10.3. The second kappa shape index (κ2) is 5.50. The minimum Gasteiger partial charge on any atom is -0.476 e. The molecule has 8 heteroatoms. The zero-order valence-electron chi connectivity index (χ0n) is 9.13. The fourth-order valence-corrected chi connectivity index (χ4v) is 1.98. The van der Waals surface area contributed by atoms with Crippen LogP contribution in [0.4, 0.5) is 10.3 Å². The third kappa shape index (κ3) is 3.20. The predicted octanol–water partition coefficient (Wildman–Crippen LogP) is 1.42. The minimum atomic E-state index is -1.03. The molecule has 0 aliphatic carbocycles. The van der Waals surface area contributed by atoms with Crippen LogP contribution in [0.2, 0.25) is 0 Å². The Hall–Kier alpha value is -2.09. The van der Waals surface area contributed by atoms with Crippen LogP contribution in [0.5, 0.6) is 0 Å². The predicted molar refractivity (Wildman–Crippen MR) is 63.3 cm³/mol. The second-order valence-electron chi connectivity index (χ2n) is 3.33. The van der Waals surface area contributed by atoms with Crippen LogP contribution < -0.4 is 5.32 Å². The van der Waals surface area contributed by atoms with Gasteiger partial charge in [0.15, 0.2) is 11.5 Å². The largest absolute Gasteiger partial charge is 0.476 e. The molecule has 0 saturated carbocycles. The summed E-state index contributed by atoms with van der Waals surface area (Å²) in [4.78, 5) is 22.0. The van der Waals surface area contributed by atoms with Crippen LogP contribution in [0.3, 0.4) is 0 Å². The standard InChI is InChI=1S/C10H9FN4O2S/c11-6-3-13-10(14-4-6)12-2-1-8-15-7(5-18-8)9(16)17/h3-5H,1-2H2,(H,16,17)(H,12,13,14). The second-order valence-corrected chi connectivity index (χ2v) is 4.28. The van der Waals surface area contributed by atoms with Gasteiger partial charge in [-0.3, -0.25) is 0 Å². The fourth-order valence-electron chi connectivity index (χ4n) is 1.21. The Balaban J connectivity index is 1.84. The van der Waals surface area contributed by atoms with Gasteiger partial charge in [-0.2, -0.15) is 0 Å². The first-order chi connectivity index (χ1) is 8.65. The molecule has 0 spiro atoms. The highest BCUT2D eigenvalue weighted by Gasteiger charge is 2.08. The van der Waals surface area contributed by atoms with Gasteiger partial charge in [-0.15, -0.1) is 11.3 Å². The van der Waals surface area contributed by atoms with Gasteiger partial charge in [0.1, 0.15) is 0 Å². The number of carbonyl (C=O) groups is 1. The Kier molecular flexibility index (Phi) is 3.78. The Morgan fingerprint density at radius 3 is 2.78 bits per heavy atom. The number of carboxylic acid groups (broad SMARTS) is 1. The van der Waals surface area contributed by atoms with Gasteiger partial charge in [-0.05, 0) is 0 Å². The van der Waals surface area contributed by atoms with E-state index in [1.165, 1.54) is 16.7 Å². The van der Waals surface area contributed by atoms with E-state index in [-0.39, 0.29) is 5.69 Å². The molecule has 0 unspecified atom stereocenters. The number of thiazole rings is 1. The molecule has 2 N–H and O–H groups in total. The number of nitrogens with zero attached hydrogens (tertiary/aromatic N) is 3. The van der Waals surface area contributed by atoms with Crippen LogP contribution in [0.15, 0.2) is 17.8 Å². The highest BCUT2D eigenvalue weighted by molar-refractivity contribution is 7.09. The molecule has 0 amide bonds. The van der Waals surface area contributed by atoms with Crippen molar-refractivity contribution >= 4 is 23.3 Å². The van der Waals surface area contributed by atoms with Gasteiger partial charge in [-0.1, -0.05) is 0 Å². The zero-order chi connectivity index (χ0) is 13.0. The van der Waals surface area contributed by atoms with Crippen molar-refractivity contribution in [2.75, 3.05) is 11.9 Å². The van der Waals surface area contributed by atoms with E-state index in [1.54, 1.807) is 0 Å². The molecule has 94 valence electrons. The monoisotopic (exact) mass is 268 g/mol. The van der Waals surface area contributed by atoms with Crippen LogP contribution in [-0.4, -0.2) is 32.6 Å². The summed E-state index contributed by atoms with van der Waals surface area (Å²) < 4.78 is 12.5. The Labute approximate surface area is 106 Å². The van der Waals surface area contributed by atoms with E-state index < -0.39 is 11.8 Å². The molecule has 0 aromatic carbocycles. The molecule has 2 heterocycles. The highest BCUT2D eigenvalue weighted by atomic mass is 32.1. The number of halogens is 1. The van der Waals surface area contributed by atoms with Crippen LogP contribution in [0.25, 0.3) is 0 Å². The molecule has 0 aliphatic rings. The molecule has 0 bridgehead atoms. The van der Waals surface area contributed by atoms with E-state index >= 15 is 0 Å². The van der Waals surface area contributed by atoms with Crippen molar-refractivity contribution < 1.29 is 14.3 Å². The third-order valence-corrected chi connectivity index (χ3v) is 2.92. The maximum atomic E-state index is 12.5. The lowest BCUT2D eigenvalue weighted by Crippen LogP contribution is -2.08. The average molecular weight is 268 g/mol. The van der Waals surface area contributed by atoms with Crippen molar-refractivity contribution in [2.24, 2.45) is 0 Å². The number of nitrogens with one attached hydrogen (secondary N) is 1. The molecule has 18 heavy (non-hydrogen) atoms. The number of hydrogen-bond donors (Lipinski definition) is 2. The Bertz CT molecular complexity index is 543. The quantitative estimate of drug-likeness (QED) is 0.852. The topological polar surface area (TPSA) is 88.0 Å². The minimum absolute atomic E-state index is 0.0491. The molecule has 0 fully saturated rings. The fraction of sp³-hybridized carbons (Fsp3) is 0.200. The number of aromatic nitrogens is 3. The van der Waals surface area contributed by atoms with Gasteiger partial charge in [0.25, 0.3) is 0 Å². The first kappa shape index (κ1) is 12.4. The number of aromatic carboxylic acids is 1. The van der Waals surface area contributed by atoms with E-state index in [2.05, 4.69) is 20.3 Å². The molecule has 0 atom stereocenters. The van der Waals surface area contributed by atoms with E-state index in [9.17, 15) is 9.18 Å². The van der Waals surface area contributed by atoms with Crippen LogP contribution in [-0.2, 0) is 6.42 Å². The van der Waals surface area contributed by atoms with Crippen molar-refractivity contribution in [3.63, 3.8) is 0 Å². The molecular formula is C10H9FN4O2S. The summed E-state index contributed by atoms with van der Waals surface area (Å²) in [7, 11) is 0. The summed E-state index contributed by atoms with van der Waals surface area (Å²) >= 11 is 1.28. The smallest absolute Gasteiger partial charge is 0.355 e. The molecule has 2 rings (SSSR count). The first-order valence-electron chi connectivity index (χ1n) is 5.04. The number of rotatable bonds is 5. The van der Waals surface area contributed by atoms with Crippen molar-refractivity contribution in [2.45, 2.75) is 6.42 Å². The van der Waals surface area contributed by atoms with E-state index in [1.807, 2.05) is 0 Å². The number of hydrogen-bond acceptors (Lipinski definition) is 6. The van der Waals surface area contributed by atoms with Crippen LogP contribution in [0.1, 0.15) is 15.5 Å². The lowest BCUT2D eigenvalue weighted by atomic mass is 10.4. The van der Waals surface area contributed by atoms with Crippen molar-refractivity contribution in [1.29, 1.82) is 0 Å². The van der Waals surface area contributed by atoms with Crippen molar-refractivity contribution in [3.05, 3.63) is 34.3 Å².